The molecule has 0 N–H and O–H groups in total. The lowest BCUT2D eigenvalue weighted by molar-refractivity contribution is -0.116. The number of ketones is 1. The van der Waals surface area contributed by atoms with Gasteiger partial charge in [-0.2, -0.15) is 0 Å². The van der Waals surface area contributed by atoms with Crippen LogP contribution in [0.4, 0.5) is 0 Å². The Bertz CT molecular complexity index is 587. The van der Waals surface area contributed by atoms with Gasteiger partial charge in [-0.3, -0.25) is 9.78 Å². The topological polar surface area (TPSA) is 30.0 Å². The van der Waals surface area contributed by atoms with Crippen LogP contribution in [0.25, 0.3) is 10.9 Å². The van der Waals surface area contributed by atoms with Crippen LogP contribution >= 0.6 is 11.8 Å². The first-order valence-electron chi connectivity index (χ1n) is 6.44. The van der Waals surface area contributed by atoms with Gasteiger partial charge in [-0.25, -0.2) is 0 Å². The van der Waals surface area contributed by atoms with Crippen molar-refractivity contribution in [3.63, 3.8) is 0 Å². The van der Waals surface area contributed by atoms with Gasteiger partial charge in [-0.05, 0) is 12.1 Å². The summed E-state index contributed by atoms with van der Waals surface area (Å²) in [6.45, 7) is 6.37. The zero-order valence-electron chi connectivity index (χ0n) is 11.6. The van der Waals surface area contributed by atoms with Crippen LogP contribution in [0.2, 0.25) is 0 Å². The van der Waals surface area contributed by atoms with Gasteiger partial charge in [-0.15, -0.1) is 11.8 Å². The first-order chi connectivity index (χ1) is 8.94. The Kier molecular flexibility index (Phi) is 4.25. The number of pyridine rings is 1. The number of carbonyl (C=O) groups is 1. The summed E-state index contributed by atoms with van der Waals surface area (Å²) in [6.07, 6.45) is 0.425. The van der Waals surface area contributed by atoms with E-state index in [1.165, 1.54) is 0 Å². The Hall–Kier alpha value is -1.35. The van der Waals surface area contributed by atoms with Gasteiger partial charge in [0.2, 0.25) is 0 Å². The van der Waals surface area contributed by atoms with E-state index in [2.05, 4.69) is 25.8 Å². The van der Waals surface area contributed by atoms with Crippen LogP contribution in [-0.2, 0) is 11.2 Å². The SMILES string of the molecule is CC(C)(C)SCC(=O)Cc1ccc2ccccc2n1. The van der Waals surface area contributed by atoms with Crippen molar-refractivity contribution in [3.05, 3.63) is 42.1 Å². The molecule has 0 amide bonds. The Labute approximate surface area is 118 Å². The summed E-state index contributed by atoms with van der Waals surface area (Å²) in [5, 5.41) is 1.11. The maximum absolute atomic E-state index is 11.9. The van der Waals surface area contributed by atoms with Gasteiger partial charge < -0.3 is 0 Å². The van der Waals surface area contributed by atoms with Crippen LogP contribution in [0.3, 0.4) is 0 Å². The summed E-state index contributed by atoms with van der Waals surface area (Å²) < 4.78 is 0.131. The third-order valence-corrected chi connectivity index (χ3v) is 4.03. The smallest absolute Gasteiger partial charge is 0.148 e. The normalized spacial score (nSPS) is 11.7. The summed E-state index contributed by atoms with van der Waals surface area (Å²) >= 11 is 1.69. The molecule has 100 valence electrons. The number of carbonyl (C=O) groups excluding carboxylic acids is 1. The number of nitrogens with zero attached hydrogens (tertiary/aromatic N) is 1. The molecule has 2 nitrogen and oxygen atoms in total. The third-order valence-electron chi connectivity index (χ3n) is 2.70. The Morgan fingerprint density at radius 3 is 2.63 bits per heavy atom. The van der Waals surface area contributed by atoms with Crippen LogP contribution < -0.4 is 0 Å². The van der Waals surface area contributed by atoms with E-state index in [1.807, 2.05) is 36.4 Å². The molecular weight excluding hydrogens is 254 g/mol. The highest BCUT2D eigenvalue weighted by molar-refractivity contribution is 8.01. The lowest BCUT2D eigenvalue weighted by Gasteiger charge is -2.16. The summed E-state index contributed by atoms with van der Waals surface area (Å²) in [4.78, 5) is 16.5. The number of rotatable bonds is 4. The maximum Gasteiger partial charge on any atom is 0.148 e. The fraction of sp³-hybridized carbons (Fsp3) is 0.375. The van der Waals surface area contributed by atoms with Crippen molar-refractivity contribution < 1.29 is 4.79 Å². The molecule has 0 saturated carbocycles. The Morgan fingerprint density at radius 1 is 1.16 bits per heavy atom. The van der Waals surface area contributed by atoms with Crippen molar-refractivity contribution in [2.24, 2.45) is 0 Å². The average Bonchev–Trinajstić information content (AvgIpc) is 2.35. The minimum Gasteiger partial charge on any atom is -0.298 e. The number of hydrogen-bond acceptors (Lipinski definition) is 3. The van der Waals surface area contributed by atoms with E-state index in [4.69, 9.17) is 0 Å². The molecule has 3 heteroatoms. The van der Waals surface area contributed by atoms with Crippen LogP contribution in [0, 0.1) is 0 Å². The molecule has 0 aliphatic carbocycles. The van der Waals surface area contributed by atoms with Gasteiger partial charge in [0.25, 0.3) is 0 Å². The predicted octanol–water partition coefficient (Wildman–Crippen LogP) is 3.88. The van der Waals surface area contributed by atoms with E-state index in [0.717, 1.165) is 16.6 Å². The summed E-state index contributed by atoms with van der Waals surface area (Å²) in [7, 11) is 0. The number of para-hydroxylation sites is 1. The average molecular weight is 273 g/mol. The van der Waals surface area contributed by atoms with Gasteiger partial charge in [0.1, 0.15) is 5.78 Å². The predicted molar refractivity (Wildman–Crippen MR) is 82.7 cm³/mol. The molecule has 0 bridgehead atoms. The number of fused-ring (bicyclic) bond motifs is 1. The summed E-state index contributed by atoms with van der Waals surface area (Å²) in [5.41, 5.74) is 1.81. The van der Waals surface area contributed by atoms with Gasteiger partial charge in [0, 0.05) is 22.2 Å². The second-order valence-corrected chi connectivity index (χ2v) is 7.41. The molecular formula is C16H19NOS. The zero-order chi connectivity index (χ0) is 13.9. The fourth-order valence-electron chi connectivity index (χ4n) is 1.76. The molecule has 2 rings (SSSR count). The molecule has 1 heterocycles. The van der Waals surface area contributed by atoms with E-state index in [0.29, 0.717) is 12.2 Å². The van der Waals surface area contributed by atoms with Crippen molar-refractivity contribution in [1.29, 1.82) is 0 Å². The first kappa shape index (κ1) is 14.1. The number of Topliss-reactive ketones (excluding diaryl/α,β-unsaturated/α-hetero) is 1. The van der Waals surface area contributed by atoms with Crippen molar-refractivity contribution in [1.82, 2.24) is 4.98 Å². The van der Waals surface area contributed by atoms with Crippen LogP contribution in [0.15, 0.2) is 36.4 Å². The van der Waals surface area contributed by atoms with Gasteiger partial charge in [0.15, 0.2) is 0 Å². The number of thioether (sulfide) groups is 1. The highest BCUT2D eigenvalue weighted by Gasteiger charge is 2.14. The van der Waals surface area contributed by atoms with E-state index >= 15 is 0 Å². The minimum atomic E-state index is 0.131. The molecule has 0 atom stereocenters. The molecule has 1 aromatic carbocycles. The monoisotopic (exact) mass is 273 g/mol. The van der Waals surface area contributed by atoms with Crippen molar-refractivity contribution in [3.8, 4) is 0 Å². The zero-order valence-corrected chi connectivity index (χ0v) is 12.5. The van der Waals surface area contributed by atoms with Crippen molar-refractivity contribution >= 4 is 28.4 Å². The molecule has 1 aromatic heterocycles. The fourth-order valence-corrected chi connectivity index (χ4v) is 2.45. The van der Waals surface area contributed by atoms with Gasteiger partial charge >= 0.3 is 0 Å². The summed E-state index contributed by atoms with van der Waals surface area (Å²) in [6, 6.07) is 12.0. The van der Waals surface area contributed by atoms with E-state index < -0.39 is 0 Å². The van der Waals surface area contributed by atoms with Gasteiger partial charge in [0.05, 0.1) is 11.3 Å². The second kappa shape index (κ2) is 5.74. The van der Waals surface area contributed by atoms with E-state index in [1.54, 1.807) is 11.8 Å². The standard InChI is InChI=1S/C16H19NOS/c1-16(2,3)19-11-14(18)10-13-9-8-12-6-4-5-7-15(12)17-13/h4-9H,10-11H2,1-3H3. The molecule has 19 heavy (non-hydrogen) atoms. The van der Waals surface area contributed by atoms with E-state index in [9.17, 15) is 4.79 Å². The number of hydrogen-bond donors (Lipinski definition) is 0. The molecule has 0 saturated heterocycles. The molecule has 0 aliphatic heterocycles. The second-order valence-electron chi connectivity index (χ2n) is 5.61. The molecule has 2 aromatic rings. The first-order valence-corrected chi connectivity index (χ1v) is 7.43. The number of benzene rings is 1. The Balaban J connectivity index is 2.03. The highest BCUT2D eigenvalue weighted by atomic mass is 32.2. The van der Waals surface area contributed by atoms with Crippen molar-refractivity contribution in [2.45, 2.75) is 31.9 Å². The lowest BCUT2D eigenvalue weighted by atomic mass is 10.1. The quantitative estimate of drug-likeness (QED) is 0.847. The third kappa shape index (κ3) is 4.35. The van der Waals surface area contributed by atoms with Crippen LogP contribution in [0.1, 0.15) is 26.5 Å². The lowest BCUT2D eigenvalue weighted by Crippen LogP contribution is -2.14. The highest BCUT2D eigenvalue weighted by Crippen LogP contribution is 2.23. The van der Waals surface area contributed by atoms with E-state index in [-0.39, 0.29) is 10.5 Å². The number of aromatic nitrogens is 1. The van der Waals surface area contributed by atoms with Crippen molar-refractivity contribution in [2.75, 3.05) is 5.75 Å². The maximum atomic E-state index is 11.9. The molecule has 0 spiro atoms. The minimum absolute atomic E-state index is 0.131. The molecule has 0 aliphatic rings. The van der Waals surface area contributed by atoms with Crippen LogP contribution in [0.5, 0.6) is 0 Å². The molecule has 0 fully saturated rings. The van der Waals surface area contributed by atoms with Crippen LogP contribution in [-0.4, -0.2) is 21.3 Å². The Morgan fingerprint density at radius 2 is 1.89 bits per heavy atom. The largest absolute Gasteiger partial charge is 0.298 e. The summed E-state index contributed by atoms with van der Waals surface area (Å²) in [5.74, 6) is 0.792. The van der Waals surface area contributed by atoms with Gasteiger partial charge in [-0.1, -0.05) is 45.0 Å². The molecule has 0 unspecified atom stereocenters. The molecule has 0 radical (unpaired) electrons.